The van der Waals surface area contributed by atoms with Crippen LogP contribution in [0.25, 0.3) is 114 Å². The van der Waals surface area contributed by atoms with Gasteiger partial charge in [-0.3, -0.25) is 0 Å². The van der Waals surface area contributed by atoms with E-state index in [9.17, 15) is 0 Å². The molecule has 0 saturated carbocycles. The predicted octanol–water partition coefficient (Wildman–Crippen LogP) is 14.5. The Hall–Kier alpha value is -7.34. The van der Waals surface area contributed by atoms with Crippen LogP contribution in [0.15, 0.2) is 193 Å². The normalized spacial score (nSPS) is 11.9. The lowest BCUT2D eigenvalue weighted by Crippen LogP contribution is -1.92. The van der Waals surface area contributed by atoms with Crippen molar-refractivity contribution in [2.45, 2.75) is 0 Å². The minimum absolute atomic E-state index is 0.843. The van der Waals surface area contributed by atoms with Gasteiger partial charge in [-0.15, -0.1) is 11.3 Å². The molecule has 0 radical (unpaired) electrons. The molecule has 0 unspecified atom stereocenters. The summed E-state index contributed by atoms with van der Waals surface area (Å²) in [4.78, 5) is 9.82. The SMILES string of the molecule is c1ccc(-c2ccc(-c3ccc4sc5c(-c6cccc7oc8ccc(-c9ccc%10c(c9)c9ccccc9n%10-c9ccccc9)cc8c67)ncnc5c4c3)cc2)cc1. The molecule has 0 fully saturated rings. The van der Waals surface area contributed by atoms with Gasteiger partial charge < -0.3 is 8.98 Å². The molecule has 8 aromatic carbocycles. The van der Waals surface area contributed by atoms with Crippen LogP contribution >= 0.6 is 11.3 Å². The first-order valence-electron chi connectivity index (χ1n) is 19.1. The smallest absolute Gasteiger partial charge is 0.136 e. The topological polar surface area (TPSA) is 43.9 Å². The molecule has 12 aromatic rings. The summed E-state index contributed by atoms with van der Waals surface area (Å²) in [5.74, 6) is 0. The van der Waals surface area contributed by atoms with Crippen molar-refractivity contribution in [1.29, 1.82) is 0 Å². The van der Waals surface area contributed by atoms with Gasteiger partial charge in [0.05, 0.1) is 26.9 Å². The van der Waals surface area contributed by atoms with E-state index in [0.29, 0.717) is 0 Å². The summed E-state index contributed by atoms with van der Waals surface area (Å²) in [7, 11) is 0. The molecule has 0 bridgehead atoms. The van der Waals surface area contributed by atoms with Crippen LogP contribution in [0.3, 0.4) is 0 Å². The van der Waals surface area contributed by atoms with Gasteiger partial charge in [0.15, 0.2) is 0 Å². The molecule has 5 heteroatoms. The van der Waals surface area contributed by atoms with E-state index < -0.39 is 0 Å². The van der Waals surface area contributed by atoms with Crippen LogP contribution in [-0.4, -0.2) is 14.5 Å². The maximum Gasteiger partial charge on any atom is 0.136 e. The number of fused-ring (bicyclic) bond motifs is 9. The van der Waals surface area contributed by atoms with Gasteiger partial charge in [-0.2, -0.15) is 0 Å². The highest BCUT2D eigenvalue weighted by molar-refractivity contribution is 7.26. The number of benzene rings is 8. The molecule has 12 rings (SSSR count). The number of furan rings is 1. The standard InChI is InChI=1S/C52H31N3OS/c1-3-10-32(11-4-1)33-18-20-34(21-19-33)35-24-27-48-43(30-35)51-52(57-48)50(53-31-54-51)40-15-9-17-47-49(40)42-29-37(23-26-46(42)56-47)36-22-25-45-41(28-36)39-14-7-8-16-44(39)55(45)38-12-5-2-6-13-38/h1-31H. The Labute approximate surface area is 331 Å². The van der Waals surface area contributed by atoms with Crippen molar-refractivity contribution in [1.82, 2.24) is 14.5 Å². The molecule has 4 aromatic heterocycles. The molecule has 266 valence electrons. The molecular weight excluding hydrogens is 715 g/mol. The van der Waals surface area contributed by atoms with Gasteiger partial charge in [-0.25, -0.2) is 9.97 Å². The van der Waals surface area contributed by atoms with Crippen molar-refractivity contribution in [2.24, 2.45) is 0 Å². The van der Waals surface area contributed by atoms with Crippen LogP contribution in [0.5, 0.6) is 0 Å². The lowest BCUT2D eigenvalue weighted by atomic mass is 9.98. The highest BCUT2D eigenvalue weighted by atomic mass is 32.1. The van der Waals surface area contributed by atoms with Gasteiger partial charge >= 0.3 is 0 Å². The third kappa shape index (κ3) is 5.06. The maximum atomic E-state index is 6.51. The summed E-state index contributed by atoms with van der Waals surface area (Å²) < 4.78 is 11.1. The molecule has 0 spiro atoms. The van der Waals surface area contributed by atoms with Crippen LogP contribution in [-0.2, 0) is 0 Å². The van der Waals surface area contributed by atoms with Crippen molar-refractivity contribution >= 4 is 75.4 Å². The average Bonchev–Trinajstić information content (AvgIpc) is 3.96. The summed E-state index contributed by atoms with van der Waals surface area (Å²) in [6.45, 7) is 0. The third-order valence-electron chi connectivity index (χ3n) is 11.3. The summed E-state index contributed by atoms with van der Waals surface area (Å²) in [6.07, 6.45) is 1.71. The van der Waals surface area contributed by atoms with E-state index in [0.717, 1.165) is 65.6 Å². The van der Waals surface area contributed by atoms with Crippen LogP contribution in [0.4, 0.5) is 0 Å². The van der Waals surface area contributed by atoms with E-state index >= 15 is 0 Å². The Kier molecular flexibility index (Phi) is 7.06. The fourth-order valence-electron chi connectivity index (χ4n) is 8.64. The highest BCUT2D eigenvalue weighted by Gasteiger charge is 2.20. The van der Waals surface area contributed by atoms with E-state index in [1.54, 1.807) is 17.7 Å². The monoisotopic (exact) mass is 745 g/mol. The Morgan fingerprint density at radius 1 is 0.439 bits per heavy atom. The second kappa shape index (κ2) is 12.6. The van der Waals surface area contributed by atoms with Gasteiger partial charge in [0.25, 0.3) is 0 Å². The third-order valence-corrected chi connectivity index (χ3v) is 12.5. The lowest BCUT2D eigenvalue weighted by Gasteiger charge is -2.08. The molecule has 0 aliphatic rings. The average molecular weight is 746 g/mol. The Morgan fingerprint density at radius 2 is 1.07 bits per heavy atom. The molecule has 0 amide bonds. The quantitative estimate of drug-likeness (QED) is 0.176. The molecule has 0 saturated heterocycles. The van der Waals surface area contributed by atoms with E-state index in [2.05, 4.69) is 187 Å². The first-order chi connectivity index (χ1) is 28.2. The number of rotatable bonds is 5. The second-order valence-corrected chi connectivity index (χ2v) is 15.6. The predicted molar refractivity (Wildman–Crippen MR) is 238 cm³/mol. The van der Waals surface area contributed by atoms with Crippen molar-refractivity contribution in [2.75, 3.05) is 0 Å². The van der Waals surface area contributed by atoms with Crippen LogP contribution in [0.2, 0.25) is 0 Å². The zero-order valence-electron chi connectivity index (χ0n) is 30.6. The molecule has 4 nitrogen and oxygen atoms in total. The van der Waals surface area contributed by atoms with E-state index in [1.807, 2.05) is 0 Å². The maximum absolute atomic E-state index is 6.51. The van der Waals surface area contributed by atoms with Gasteiger partial charge in [0, 0.05) is 42.9 Å². The molecule has 0 aliphatic heterocycles. The van der Waals surface area contributed by atoms with Gasteiger partial charge in [-0.05, 0) is 94.0 Å². The molecule has 0 atom stereocenters. The molecule has 0 aliphatic carbocycles. The summed E-state index contributed by atoms with van der Waals surface area (Å²) in [6, 6.07) is 65.0. The first-order valence-corrected chi connectivity index (χ1v) is 19.9. The zero-order valence-corrected chi connectivity index (χ0v) is 31.4. The largest absolute Gasteiger partial charge is 0.456 e. The van der Waals surface area contributed by atoms with Gasteiger partial charge in [0.1, 0.15) is 17.5 Å². The van der Waals surface area contributed by atoms with Crippen molar-refractivity contribution < 1.29 is 4.42 Å². The fraction of sp³-hybridized carbons (Fsp3) is 0. The van der Waals surface area contributed by atoms with Crippen molar-refractivity contribution in [3.8, 4) is 50.3 Å². The van der Waals surface area contributed by atoms with Gasteiger partial charge in [0.2, 0.25) is 0 Å². The van der Waals surface area contributed by atoms with Crippen LogP contribution in [0.1, 0.15) is 0 Å². The highest BCUT2D eigenvalue weighted by Crippen LogP contribution is 2.44. The fourth-order valence-corrected chi connectivity index (χ4v) is 9.79. The van der Waals surface area contributed by atoms with Crippen molar-refractivity contribution in [3.05, 3.63) is 188 Å². The Balaban J connectivity index is 0.977. The number of nitrogens with zero attached hydrogens (tertiary/aromatic N) is 3. The molecule has 57 heavy (non-hydrogen) atoms. The second-order valence-electron chi connectivity index (χ2n) is 14.6. The number of para-hydroxylation sites is 2. The minimum Gasteiger partial charge on any atom is -0.456 e. The van der Waals surface area contributed by atoms with Gasteiger partial charge in [-0.1, -0.05) is 121 Å². The number of aromatic nitrogens is 3. The van der Waals surface area contributed by atoms with E-state index in [1.165, 1.54) is 48.8 Å². The van der Waals surface area contributed by atoms with Crippen molar-refractivity contribution in [3.63, 3.8) is 0 Å². The molecular formula is C52H31N3OS. The summed E-state index contributed by atoms with van der Waals surface area (Å²) >= 11 is 1.75. The summed E-state index contributed by atoms with van der Waals surface area (Å²) in [5.41, 5.74) is 15.2. The van der Waals surface area contributed by atoms with E-state index in [-0.39, 0.29) is 0 Å². The van der Waals surface area contributed by atoms with E-state index in [4.69, 9.17) is 14.4 Å². The molecule has 0 N–H and O–H groups in total. The lowest BCUT2D eigenvalue weighted by molar-refractivity contribution is 0.669. The summed E-state index contributed by atoms with van der Waals surface area (Å²) in [5, 5.41) is 5.73. The zero-order chi connectivity index (χ0) is 37.5. The van der Waals surface area contributed by atoms with Crippen LogP contribution < -0.4 is 0 Å². The number of hydrogen-bond acceptors (Lipinski definition) is 4. The molecule has 4 heterocycles. The minimum atomic E-state index is 0.843. The Morgan fingerprint density at radius 3 is 1.91 bits per heavy atom. The number of thiophene rings is 1. The Bertz CT molecular complexity index is 3510. The number of hydrogen-bond donors (Lipinski definition) is 0. The first kappa shape index (κ1) is 32.0. The van der Waals surface area contributed by atoms with Crippen LogP contribution in [0, 0.1) is 0 Å².